The lowest BCUT2D eigenvalue weighted by Crippen LogP contribution is -2.26. The van der Waals surface area contributed by atoms with E-state index in [1.54, 1.807) is 0 Å². The molecule has 96 valence electrons. The van der Waals surface area contributed by atoms with Crippen LogP contribution in [0.2, 0.25) is 0 Å². The molecule has 0 bridgehead atoms. The van der Waals surface area contributed by atoms with E-state index in [4.69, 9.17) is 0 Å². The van der Waals surface area contributed by atoms with Crippen LogP contribution in [0.3, 0.4) is 0 Å². The number of nitrogens with zero attached hydrogens (tertiary/aromatic N) is 2. The van der Waals surface area contributed by atoms with Crippen molar-refractivity contribution in [2.75, 3.05) is 5.32 Å². The third-order valence-corrected chi connectivity index (χ3v) is 2.42. The highest BCUT2D eigenvalue weighted by molar-refractivity contribution is 5.87. The van der Waals surface area contributed by atoms with E-state index in [1.807, 2.05) is 10.7 Å². The van der Waals surface area contributed by atoms with Crippen LogP contribution in [0.1, 0.15) is 54.2 Å². The largest absolute Gasteiger partial charge is 0.311 e. The number of carbonyl (C=O) groups excluding carboxylic acids is 1. The predicted molar refractivity (Wildman–Crippen MR) is 70.2 cm³/mol. The Morgan fingerprint density at radius 1 is 1.24 bits per heavy atom. The second kappa shape index (κ2) is 4.17. The molecule has 1 aromatic rings. The topological polar surface area (TPSA) is 46.9 Å². The average Bonchev–Trinajstić information content (AvgIpc) is 2.44. The summed E-state index contributed by atoms with van der Waals surface area (Å²) >= 11 is 0. The molecule has 4 nitrogen and oxygen atoms in total. The first kappa shape index (κ1) is 13.7. The van der Waals surface area contributed by atoms with Crippen molar-refractivity contribution in [3.8, 4) is 0 Å². The predicted octanol–water partition coefficient (Wildman–Crippen LogP) is 2.89. The fourth-order valence-corrected chi connectivity index (χ4v) is 1.53. The number of hydrogen-bond donors (Lipinski definition) is 1. The molecule has 4 heteroatoms. The molecular weight excluding hydrogens is 214 g/mol. The van der Waals surface area contributed by atoms with E-state index in [1.165, 1.54) is 6.92 Å². The SMILES string of the molecule is CC(=O)Nc1cc(C(C)(C)C)nn1C(C)(C)C. The van der Waals surface area contributed by atoms with Gasteiger partial charge in [0.05, 0.1) is 11.2 Å². The van der Waals surface area contributed by atoms with Crippen molar-refractivity contribution in [3.05, 3.63) is 11.8 Å². The normalized spacial score (nSPS) is 12.6. The highest BCUT2D eigenvalue weighted by Gasteiger charge is 2.25. The summed E-state index contributed by atoms with van der Waals surface area (Å²) in [6.07, 6.45) is 0. The second-order valence-electron chi connectivity index (χ2n) is 6.43. The zero-order valence-corrected chi connectivity index (χ0v) is 11.9. The number of nitrogens with one attached hydrogen (secondary N) is 1. The molecule has 0 saturated heterocycles. The summed E-state index contributed by atoms with van der Waals surface area (Å²) in [6, 6.07) is 1.95. The van der Waals surface area contributed by atoms with Gasteiger partial charge in [0.1, 0.15) is 5.82 Å². The second-order valence-corrected chi connectivity index (χ2v) is 6.43. The lowest BCUT2D eigenvalue weighted by atomic mass is 9.92. The van der Waals surface area contributed by atoms with Crippen LogP contribution in [0.15, 0.2) is 6.07 Å². The van der Waals surface area contributed by atoms with Crippen LogP contribution in [0.5, 0.6) is 0 Å². The van der Waals surface area contributed by atoms with Crippen LogP contribution in [-0.2, 0) is 15.7 Å². The monoisotopic (exact) mass is 237 g/mol. The molecule has 1 N–H and O–H groups in total. The third-order valence-electron chi connectivity index (χ3n) is 2.42. The minimum Gasteiger partial charge on any atom is -0.311 e. The number of hydrogen-bond acceptors (Lipinski definition) is 2. The first-order chi connectivity index (χ1) is 7.51. The number of amides is 1. The Bertz CT molecular complexity index is 419. The van der Waals surface area contributed by atoms with Gasteiger partial charge in [-0.2, -0.15) is 5.10 Å². The molecule has 0 aromatic carbocycles. The number of rotatable bonds is 1. The van der Waals surface area contributed by atoms with Crippen LogP contribution in [0.25, 0.3) is 0 Å². The minimum absolute atomic E-state index is 0.0241. The van der Waals surface area contributed by atoms with E-state index in [0.29, 0.717) is 0 Å². The molecule has 1 rings (SSSR count). The summed E-state index contributed by atoms with van der Waals surface area (Å²) in [5, 5.41) is 7.44. The Morgan fingerprint density at radius 2 is 1.76 bits per heavy atom. The van der Waals surface area contributed by atoms with Gasteiger partial charge in [-0.05, 0) is 20.8 Å². The zero-order chi connectivity index (χ0) is 13.4. The summed E-state index contributed by atoms with van der Waals surface area (Å²) in [4.78, 5) is 11.2. The van der Waals surface area contributed by atoms with Crippen molar-refractivity contribution in [3.63, 3.8) is 0 Å². The molecule has 0 spiro atoms. The fraction of sp³-hybridized carbons (Fsp3) is 0.692. The smallest absolute Gasteiger partial charge is 0.222 e. The zero-order valence-electron chi connectivity index (χ0n) is 11.9. The summed E-state index contributed by atoms with van der Waals surface area (Å²) in [7, 11) is 0. The van der Waals surface area contributed by atoms with Gasteiger partial charge in [-0.25, -0.2) is 4.68 Å². The van der Waals surface area contributed by atoms with Crippen molar-refractivity contribution < 1.29 is 4.79 Å². The first-order valence-electron chi connectivity index (χ1n) is 5.90. The van der Waals surface area contributed by atoms with E-state index < -0.39 is 0 Å². The Balaban J connectivity index is 3.27. The van der Waals surface area contributed by atoms with Gasteiger partial charge in [-0.15, -0.1) is 0 Å². The quantitative estimate of drug-likeness (QED) is 0.816. The van der Waals surface area contributed by atoms with Gasteiger partial charge in [-0.1, -0.05) is 20.8 Å². The first-order valence-corrected chi connectivity index (χ1v) is 5.90. The maximum Gasteiger partial charge on any atom is 0.222 e. The Hall–Kier alpha value is -1.32. The van der Waals surface area contributed by atoms with Crippen molar-refractivity contribution in [2.24, 2.45) is 0 Å². The van der Waals surface area contributed by atoms with Crippen molar-refractivity contribution in [1.82, 2.24) is 9.78 Å². The van der Waals surface area contributed by atoms with Crippen LogP contribution in [0, 0.1) is 0 Å². The number of anilines is 1. The van der Waals surface area contributed by atoms with E-state index in [0.717, 1.165) is 11.5 Å². The lowest BCUT2D eigenvalue weighted by molar-refractivity contribution is -0.114. The standard InChI is InChI=1S/C13H23N3O/c1-9(17)14-11-8-10(12(2,3)4)15-16(11)13(5,6)7/h8H,1-7H3,(H,14,17). The van der Waals surface area contributed by atoms with Gasteiger partial charge in [0.15, 0.2) is 0 Å². The molecule has 0 atom stereocenters. The van der Waals surface area contributed by atoms with Gasteiger partial charge >= 0.3 is 0 Å². The van der Waals surface area contributed by atoms with Crippen LogP contribution >= 0.6 is 0 Å². The molecule has 0 aliphatic heterocycles. The summed E-state index contributed by atoms with van der Waals surface area (Å²) in [5.74, 6) is 0.686. The highest BCUT2D eigenvalue weighted by atomic mass is 16.1. The van der Waals surface area contributed by atoms with Crippen molar-refractivity contribution in [2.45, 2.75) is 59.4 Å². The van der Waals surface area contributed by atoms with Gasteiger partial charge in [0, 0.05) is 18.4 Å². The Morgan fingerprint density at radius 3 is 2.12 bits per heavy atom. The van der Waals surface area contributed by atoms with Gasteiger partial charge in [0.25, 0.3) is 0 Å². The summed E-state index contributed by atoms with van der Waals surface area (Å²) in [5.41, 5.74) is 0.807. The molecule has 0 radical (unpaired) electrons. The number of aromatic nitrogens is 2. The molecule has 1 amide bonds. The Labute approximate surface area is 103 Å². The summed E-state index contributed by atoms with van der Waals surface area (Å²) in [6.45, 7) is 14.0. The minimum atomic E-state index is -0.152. The van der Waals surface area contributed by atoms with Crippen LogP contribution in [0.4, 0.5) is 5.82 Å². The maximum absolute atomic E-state index is 11.2. The van der Waals surface area contributed by atoms with E-state index in [9.17, 15) is 4.79 Å². The van der Waals surface area contributed by atoms with Gasteiger partial charge in [0.2, 0.25) is 5.91 Å². The molecule has 0 saturated carbocycles. The van der Waals surface area contributed by atoms with E-state index in [2.05, 4.69) is 52.0 Å². The number of carbonyl (C=O) groups is 1. The van der Waals surface area contributed by atoms with Gasteiger partial charge in [-0.3, -0.25) is 4.79 Å². The molecule has 0 aliphatic carbocycles. The van der Waals surface area contributed by atoms with Gasteiger partial charge < -0.3 is 5.32 Å². The van der Waals surface area contributed by atoms with Crippen LogP contribution < -0.4 is 5.32 Å². The van der Waals surface area contributed by atoms with E-state index >= 15 is 0 Å². The molecule has 0 fully saturated rings. The molecule has 17 heavy (non-hydrogen) atoms. The molecule has 0 unspecified atom stereocenters. The maximum atomic E-state index is 11.2. The van der Waals surface area contributed by atoms with Crippen LogP contribution in [-0.4, -0.2) is 15.7 Å². The van der Waals surface area contributed by atoms with Crippen molar-refractivity contribution >= 4 is 11.7 Å². The fourth-order valence-electron chi connectivity index (χ4n) is 1.53. The molecule has 1 aromatic heterocycles. The molecular formula is C13H23N3O. The lowest BCUT2D eigenvalue weighted by Gasteiger charge is -2.22. The van der Waals surface area contributed by atoms with E-state index in [-0.39, 0.29) is 16.9 Å². The Kier molecular flexibility index (Phi) is 3.37. The molecule has 0 aliphatic rings. The summed E-state index contributed by atoms with van der Waals surface area (Å²) < 4.78 is 1.87. The third kappa shape index (κ3) is 3.32. The highest BCUT2D eigenvalue weighted by Crippen LogP contribution is 2.27. The molecule has 1 heterocycles. The van der Waals surface area contributed by atoms with Crippen molar-refractivity contribution in [1.29, 1.82) is 0 Å². The average molecular weight is 237 g/mol.